The second-order valence-electron chi connectivity index (χ2n) is 10.6. The minimum absolute atomic E-state index is 1.13. The van der Waals surface area contributed by atoms with Crippen LogP contribution in [0.2, 0.25) is 0 Å². The normalized spacial score (nSPS) is 11.4. The van der Waals surface area contributed by atoms with Crippen LogP contribution in [0.3, 0.4) is 0 Å². The lowest BCUT2D eigenvalue weighted by Gasteiger charge is -2.31. The highest BCUT2D eigenvalue weighted by Crippen LogP contribution is 2.49. The lowest BCUT2D eigenvalue weighted by atomic mass is 9.89. The molecule has 0 radical (unpaired) electrons. The molecule has 0 N–H and O–H groups in total. The number of para-hydroxylation sites is 1. The Balaban J connectivity index is 1.54. The van der Waals surface area contributed by atoms with Gasteiger partial charge in [0.15, 0.2) is 0 Å². The maximum atomic E-state index is 2.45. The van der Waals surface area contributed by atoms with E-state index in [0.29, 0.717) is 0 Å². The van der Waals surface area contributed by atoms with E-state index in [1.54, 1.807) is 0 Å². The largest absolute Gasteiger partial charge is 0.309 e. The summed E-state index contributed by atoms with van der Waals surface area (Å²) in [5, 5.41) is 9.95. The molecule has 0 aliphatic carbocycles. The second-order valence-corrected chi connectivity index (χ2v) is 10.6. The molecule has 0 bridgehead atoms. The van der Waals surface area contributed by atoms with Crippen molar-refractivity contribution in [1.82, 2.24) is 0 Å². The fraction of sp³-hybridized carbons (Fsp3) is 0. The zero-order valence-electron chi connectivity index (χ0n) is 22.5. The van der Waals surface area contributed by atoms with Gasteiger partial charge < -0.3 is 4.90 Å². The van der Waals surface area contributed by atoms with Crippen LogP contribution in [-0.2, 0) is 0 Å². The summed E-state index contributed by atoms with van der Waals surface area (Å²) < 4.78 is 0. The van der Waals surface area contributed by atoms with E-state index in [1.807, 2.05) is 0 Å². The quantitative estimate of drug-likeness (QED) is 0.208. The van der Waals surface area contributed by atoms with Gasteiger partial charge in [0.1, 0.15) is 0 Å². The van der Waals surface area contributed by atoms with Crippen LogP contribution in [0.5, 0.6) is 0 Å². The predicted octanol–water partition coefficient (Wildman–Crippen LogP) is 11.4. The zero-order valence-corrected chi connectivity index (χ0v) is 22.5. The van der Waals surface area contributed by atoms with Crippen LogP contribution >= 0.6 is 0 Å². The van der Waals surface area contributed by atoms with Crippen molar-refractivity contribution >= 4 is 60.2 Å². The van der Waals surface area contributed by atoms with Gasteiger partial charge in [-0.25, -0.2) is 0 Å². The third-order valence-electron chi connectivity index (χ3n) is 8.17. The van der Waals surface area contributed by atoms with E-state index in [0.717, 1.165) is 11.4 Å². The predicted molar refractivity (Wildman–Crippen MR) is 177 cm³/mol. The highest BCUT2D eigenvalue weighted by molar-refractivity contribution is 6.22. The van der Waals surface area contributed by atoms with Crippen LogP contribution in [-0.4, -0.2) is 0 Å². The molecular formula is C40H27N. The molecule has 0 fully saturated rings. The number of hydrogen-bond donors (Lipinski definition) is 0. The van der Waals surface area contributed by atoms with Crippen molar-refractivity contribution in [2.45, 2.75) is 0 Å². The van der Waals surface area contributed by atoms with E-state index in [-0.39, 0.29) is 0 Å². The van der Waals surface area contributed by atoms with Crippen molar-refractivity contribution in [3.8, 4) is 11.1 Å². The minimum Gasteiger partial charge on any atom is -0.309 e. The summed E-state index contributed by atoms with van der Waals surface area (Å²) >= 11 is 0. The first-order valence-electron chi connectivity index (χ1n) is 14.1. The molecule has 8 aromatic carbocycles. The number of benzene rings is 8. The summed E-state index contributed by atoms with van der Waals surface area (Å²) in [6.45, 7) is 0. The Kier molecular flexibility index (Phi) is 5.53. The molecule has 0 aliphatic rings. The first-order chi connectivity index (χ1) is 20.3. The Morgan fingerprint density at radius 2 is 0.829 bits per heavy atom. The van der Waals surface area contributed by atoms with Gasteiger partial charge in [-0.2, -0.15) is 0 Å². The van der Waals surface area contributed by atoms with Crippen LogP contribution in [0, 0.1) is 0 Å². The van der Waals surface area contributed by atoms with Crippen LogP contribution in [0.1, 0.15) is 0 Å². The van der Waals surface area contributed by atoms with Gasteiger partial charge in [-0.05, 0) is 73.6 Å². The van der Waals surface area contributed by atoms with E-state index in [1.165, 1.54) is 59.9 Å². The molecular weight excluding hydrogens is 494 g/mol. The van der Waals surface area contributed by atoms with Crippen molar-refractivity contribution < 1.29 is 0 Å². The van der Waals surface area contributed by atoms with Crippen LogP contribution in [0.4, 0.5) is 17.1 Å². The van der Waals surface area contributed by atoms with E-state index in [9.17, 15) is 0 Å². The molecule has 0 heterocycles. The van der Waals surface area contributed by atoms with Crippen LogP contribution in [0.15, 0.2) is 164 Å². The van der Waals surface area contributed by atoms with Gasteiger partial charge >= 0.3 is 0 Å². The van der Waals surface area contributed by atoms with Gasteiger partial charge in [-0.1, -0.05) is 133 Å². The smallest absolute Gasteiger partial charge is 0.0624 e. The lowest BCUT2D eigenvalue weighted by molar-refractivity contribution is 1.31. The molecule has 0 aliphatic heterocycles. The number of rotatable bonds is 4. The lowest BCUT2D eigenvalue weighted by Crippen LogP contribution is -2.12. The van der Waals surface area contributed by atoms with Crippen molar-refractivity contribution in [1.29, 1.82) is 0 Å². The Hall–Kier alpha value is -5.40. The maximum absolute atomic E-state index is 2.45. The minimum atomic E-state index is 1.13. The van der Waals surface area contributed by atoms with Crippen molar-refractivity contribution in [3.05, 3.63) is 164 Å². The number of fused-ring (bicyclic) bond motifs is 5. The molecule has 41 heavy (non-hydrogen) atoms. The molecule has 192 valence electrons. The number of hydrogen-bond acceptors (Lipinski definition) is 1. The molecule has 0 atom stereocenters. The number of anilines is 3. The molecule has 1 heteroatoms. The maximum Gasteiger partial charge on any atom is 0.0624 e. The van der Waals surface area contributed by atoms with E-state index < -0.39 is 0 Å². The highest BCUT2D eigenvalue weighted by atomic mass is 15.1. The summed E-state index contributed by atoms with van der Waals surface area (Å²) in [5.74, 6) is 0. The van der Waals surface area contributed by atoms with Crippen molar-refractivity contribution in [2.75, 3.05) is 4.90 Å². The molecule has 0 unspecified atom stereocenters. The Morgan fingerprint density at radius 1 is 0.317 bits per heavy atom. The fourth-order valence-electron chi connectivity index (χ4n) is 6.29. The molecule has 0 amide bonds. The summed E-state index contributed by atoms with van der Waals surface area (Å²) in [5.41, 5.74) is 5.91. The standard InChI is InChI=1S/C40H27N/c1-2-16-33(17-3-1)41(34-25-24-29-13-5-7-15-31(29)27-34)40-38-21-11-9-19-36(38)35-18-8-10-20-37(35)39(40)32-23-22-28-12-4-6-14-30(28)26-32/h1-27H. The molecule has 0 aromatic heterocycles. The number of nitrogens with zero attached hydrogens (tertiary/aromatic N) is 1. The Morgan fingerprint density at radius 3 is 1.54 bits per heavy atom. The van der Waals surface area contributed by atoms with Gasteiger partial charge in [0, 0.05) is 22.3 Å². The third kappa shape index (κ3) is 3.94. The zero-order chi connectivity index (χ0) is 27.2. The molecule has 1 nitrogen and oxygen atoms in total. The van der Waals surface area contributed by atoms with E-state index in [2.05, 4.69) is 169 Å². The Bertz CT molecular complexity index is 2210. The second kappa shape index (κ2) is 9.66. The Labute approximate surface area is 239 Å². The van der Waals surface area contributed by atoms with Gasteiger partial charge in [-0.15, -0.1) is 0 Å². The van der Waals surface area contributed by atoms with Gasteiger partial charge in [0.2, 0.25) is 0 Å². The molecule has 0 spiro atoms. The van der Waals surface area contributed by atoms with Gasteiger partial charge in [-0.3, -0.25) is 0 Å². The van der Waals surface area contributed by atoms with Crippen LogP contribution in [0.25, 0.3) is 54.2 Å². The van der Waals surface area contributed by atoms with Gasteiger partial charge in [0.25, 0.3) is 0 Å². The highest BCUT2D eigenvalue weighted by Gasteiger charge is 2.23. The SMILES string of the molecule is c1ccc(N(c2ccc3ccccc3c2)c2c(-c3ccc4ccccc4c3)c3ccccc3c3ccccc23)cc1. The van der Waals surface area contributed by atoms with Gasteiger partial charge in [0.05, 0.1) is 5.69 Å². The average molecular weight is 522 g/mol. The summed E-state index contributed by atoms with van der Waals surface area (Å²) in [4.78, 5) is 2.45. The molecule has 0 saturated carbocycles. The molecule has 8 aromatic rings. The fourth-order valence-corrected chi connectivity index (χ4v) is 6.29. The molecule has 8 rings (SSSR count). The average Bonchev–Trinajstić information content (AvgIpc) is 3.05. The first kappa shape index (κ1) is 23.5. The monoisotopic (exact) mass is 521 g/mol. The summed E-state index contributed by atoms with van der Waals surface area (Å²) in [6.07, 6.45) is 0. The topological polar surface area (TPSA) is 3.24 Å². The van der Waals surface area contributed by atoms with Crippen molar-refractivity contribution in [2.24, 2.45) is 0 Å². The van der Waals surface area contributed by atoms with E-state index >= 15 is 0 Å². The first-order valence-corrected chi connectivity index (χ1v) is 14.1. The van der Waals surface area contributed by atoms with Crippen molar-refractivity contribution in [3.63, 3.8) is 0 Å². The van der Waals surface area contributed by atoms with E-state index in [4.69, 9.17) is 0 Å². The third-order valence-corrected chi connectivity index (χ3v) is 8.17. The summed E-state index contributed by atoms with van der Waals surface area (Å²) in [7, 11) is 0. The molecule has 0 saturated heterocycles. The summed E-state index contributed by atoms with van der Waals surface area (Å²) in [6, 6.07) is 59.4. The van der Waals surface area contributed by atoms with Crippen LogP contribution < -0.4 is 4.90 Å².